The van der Waals surface area contributed by atoms with E-state index in [0.29, 0.717) is 22.1 Å². The molecule has 0 aromatic heterocycles. The van der Waals surface area contributed by atoms with Crippen molar-refractivity contribution < 1.29 is 49.7 Å². The van der Waals surface area contributed by atoms with Gasteiger partial charge in [0, 0.05) is 23.9 Å². The third kappa shape index (κ3) is 6.04. The first-order valence-corrected chi connectivity index (χ1v) is 13.8. The number of quaternary nitrogens is 2. The summed E-state index contributed by atoms with van der Waals surface area (Å²) in [5.41, 5.74) is 0.0266. The number of carbonyl (C=O) groups is 2. The summed E-state index contributed by atoms with van der Waals surface area (Å²) in [7, 11) is 6.36. The van der Waals surface area contributed by atoms with Crippen LogP contribution in [-0.2, 0) is 0 Å². The number of fused-ring (bicyclic) bond motifs is 3. The van der Waals surface area contributed by atoms with Crippen LogP contribution in [0.5, 0.6) is 11.5 Å². The first kappa shape index (κ1) is 31.2. The Morgan fingerprint density at radius 1 is 0.595 bits per heavy atom. The van der Waals surface area contributed by atoms with E-state index in [1.807, 2.05) is 0 Å². The Morgan fingerprint density at radius 3 is 1.26 bits per heavy atom. The Balaban J connectivity index is 2.14. The molecule has 3 aromatic rings. The van der Waals surface area contributed by atoms with Crippen LogP contribution in [0.4, 0.5) is 11.4 Å². The summed E-state index contributed by atoms with van der Waals surface area (Å²) >= 11 is 0. The molecule has 6 N–H and O–H groups in total. The Labute approximate surface area is 244 Å². The zero-order valence-electron chi connectivity index (χ0n) is 24.4. The van der Waals surface area contributed by atoms with Gasteiger partial charge in [0.2, 0.25) is 11.6 Å². The van der Waals surface area contributed by atoms with Crippen molar-refractivity contribution in [2.45, 2.75) is 0 Å². The number of hydrogen-bond donors (Lipinski definition) is 6. The van der Waals surface area contributed by atoms with Crippen molar-refractivity contribution in [3.8, 4) is 11.5 Å². The van der Waals surface area contributed by atoms with E-state index < -0.39 is 23.1 Å². The first-order chi connectivity index (χ1) is 19.7. The van der Waals surface area contributed by atoms with E-state index >= 15 is 0 Å². The third-order valence-electron chi connectivity index (χ3n) is 7.44. The normalized spacial score (nSPS) is 13.3. The number of ketones is 2. The number of rotatable bonds is 12. The molecule has 4 rings (SSSR count). The summed E-state index contributed by atoms with van der Waals surface area (Å²) in [5.74, 6) is -2.28. The van der Waals surface area contributed by atoms with Crippen molar-refractivity contribution in [3.05, 3.63) is 58.7 Å². The first-order valence-electron chi connectivity index (χ1n) is 13.8. The standard InChI is InChI=1S/C30H38N4O8/c1-33(2,41)15-11-31(13-17-35)27-19-7-5-6-8-20(19)28(32(14-18-36)12-16-34(3,4)42)26-25(27)29(39)23-21(37)9-10-22(38)24(23)30(26)40/h5-10,35-36,41-42H,11-18H2,1-4H3/p+2. The predicted molar refractivity (Wildman–Crippen MR) is 157 cm³/mol. The third-order valence-corrected chi connectivity index (χ3v) is 7.44. The van der Waals surface area contributed by atoms with Gasteiger partial charge in [-0.1, -0.05) is 24.3 Å². The highest BCUT2D eigenvalue weighted by Crippen LogP contribution is 2.48. The highest BCUT2D eigenvalue weighted by atomic mass is 16.5. The van der Waals surface area contributed by atoms with Crippen LogP contribution < -0.4 is 9.80 Å². The second-order valence-corrected chi connectivity index (χ2v) is 11.6. The van der Waals surface area contributed by atoms with E-state index in [1.165, 1.54) is 0 Å². The number of aliphatic hydroxyl groups is 2. The fraction of sp³-hybridized carbons (Fsp3) is 0.400. The molecule has 0 saturated carbocycles. The number of nitrogens with zero attached hydrogens (tertiary/aromatic N) is 4. The fourth-order valence-electron chi connectivity index (χ4n) is 5.43. The predicted octanol–water partition coefficient (Wildman–Crippen LogP) is 1.56. The lowest BCUT2D eigenvalue weighted by Crippen LogP contribution is -2.45. The van der Waals surface area contributed by atoms with E-state index in [-0.39, 0.29) is 84.0 Å². The summed E-state index contributed by atoms with van der Waals surface area (Å²) in [4.78, 5) is 32.2. The molecule has 226 valence electrons. The number of carbonyl (C=O) groups excluding carboxylic acids is 2. The largest absolute Gasteiger partial charge is 0.507 e. The van der Waals surface area contributed by atoms with Crippen molar-refractivity contribution in [2.24, 2.45) is 0 Å². The molecule has 1 aliphatic carbocycles. The Bertz CT molecular complexity index is 1400. The summed E-state index contributed by atoms with van der Waals surface area (Å²) in [6.45, 7) is 0.432. The number of anilines is 2. The second-order valence-electron chi connectivity index (χ2n) is 11.6. The second kappa shape index (κ2) is 11.8. The highest BCUT2D eigenvalue weighted by Gasteiger charge is 2.41. The quantitative estimate of drug-likeness (QED) is 0.0624. The van der Waals surface area contributed by atoms with Gasteiger partial charge in [-0.05, 0) is 12.1 Å². The molecule has 0 bridgehead atoms. The molecule has 0 aliphatic heterocycles. The minimum Gasteiger partial charge on any atom is -0.507 e. The maximum absolute atomic E-state index is 14.4. The zero-order valence-corrected chi connectivity index (χ0v) is 24.4. The van der Waals surface area contributed by atoms with Crippen molar-refractivity contribution in [1.82, 2.24) is 0 Å². The van der Waals surface area contributed by atoms with Crippen molar-refractivity contribution in [3.63, 3.8) is 0 Å². The SMILES string of the molecule is C[N+](C)(O)CCN(CCO)c1c2c(c(N(CCO)CC[N+](C)(C)O)c3ccccc13)C(=O)c1c(O)ccc(O)c1C2=O. The van der Waals surface area contributed by atoms with Crippen molar-refractivity contribution in [2.75, 3.05) is 90.5 Å². The fourth-order valence-corrected chi connectivity index (χ4v) is 5.43. The number of aliphatic hydroxyl groups excluding tert-OH is 2. The summed E-state index contributed by atoms with van der Waals surface area (Å²) in [6.07, 6.45) is 0. The topological polar surface area (TPSA) is 162 Å². The van der Waals surface area contributed by atoms with Gasteiger partial charge in [0.25, 0.3) is 0 Å². The molecule has 0 amide bonds. The molecule has 3 aromatic carbocycles. The minimum absolute atomic E-state index is 0.0144. The van der Waals surface area contributed by atoms with E-state index in [0.717, 1.165) is 12.1 Å². The van der Waals surface area contributed by atoms with Crippen LogP contribution in [0.25, 0.3) is 10.8 Å². The van der Waals surface area contributed by atoms with E-state index in [9.17, 15) is 40.4 Å². The molecule has 0 fully saturated rings. The lowest BCUT2D eigenvalue weighted by molar-refractivity contribution is -1.07. The number of phenolic OH excluding ortho intramolecular Hbond substituents is 2. The molecule has 1 aliphatic rings. The monoisotopic (exact) mass is 584 g/mol. The molecule has 0 spiro atoms. The van der Waals surface area contributed by atoms with Gasteiger partial charge in [-0.2, -0.15) is 9.29 Å². The molecular formula is C30H40N4O8+2. The Kier molecular flexibility index (Phi) is 8.78. The van der Waals surface area contributed by atoms with Gasteiger partial charge < -0.3 is 30.2 Å². The smallest absolute Gasteiger partial charge is 0.200 e. The Hall–Kier alpha value is -3.78. The molecule has 0 heterocycles. The molecule has 0 unspecified atom stereocenters. The number of aromatic hydroxyl groups is 2. The maximum atomic E-state index is 14.4. The average molecular weight is 585 g/mol. The average Bonchev–Trinajstić information content (AvgIpc) is 2.91. The summed E-state index contributed by atoms with van der Waals surface area (Å²) in [6, 6.07) is 9.45. The van der Waals surface area contributed by atoms with Gasteiger partial charge in [-0.25, -0.2) is 10.4 Å². The molecule has 0 radical (unpaired) electrons. The van der Waals surface area contributed by atoms with Gasteiger partial charge in [0.1, 0.15) is 24.6 Å². The minimum atomic E-state index is -0.682. The van der Waals surface area contributed by atoms with E-state index in [2.05, 4.69) is 0 Å². The van der Waals surface area contributed by atoms with Gasteiger partial charge in [0.15, 0.2) is 0 Å². The summed E-state index contributed by atoms with van der Waals surface area (Å²) < 4.78 is -0.770. The number of phenols is 2. The number of benzene rings is 3. The number of likely N-dealkylation sites (N-methyl/N-ethyl adjacent to an activating group) is 2. The van der Waals surface area contributed by atoms with E-state index in [4.69, 9.17) is 0 Å². The van der Waals surface area contributed by atoms with Crippen LogP contribution in [0.1, 0.15) is 31.8 Å². The Morgan fingerprint density at radius 2 is 0.952 bits per heavy atom. The summed E-state index contributed by atoms with van der Waals surface area (Å²) in [5, 5.41) is 63.6. The lowest BCUT2D eigenvalue weighted by Gasteiger charge is -2.36. The van der Waals surface area contributed by atoms with Gasteiger partial charge in [-0.3, -0.25) is 9.59 Å². The number of hydroxylamine groups is 6. The molecule has 42 heavy (non-hydrogen) atoms. The van der Waals surface area contributed by atoms with Crippen LogP contribution in [0.2, 0.25) is 0 Å². The molecule has 12 heteroatoms. The lowest BCUT2D eigenvalue weighted by atomic mass is 9.79. The zero-order chi connectivity index (χ0) is 31.0. The molecule has 12 nitrogen and oxygen atoms in total. The van der Waals surface area contributed by atoms with Crippen molar-refractivity contribution in [1.29, 1.82) is 0 Å². The van der Waals surface area contributed by atoms with Crippen LogP contribution in [0, 0.1) is 0 Å². The molecule has 0 atom stereocenters. The van der Waals surface area contributed by atoms with Crippen LogP contribution in [0.15, 0.2) is 36.4 Å². The molecule has 0 saturated heterocycles. The molecular weight excluding hydrogens is 544 g/mol. The highest BCUT2D eigenvalue weighted by molar-refractivity contribution is 6.36. The van der Waals surface area contributed by atoms with Gasteiger partial charge >= 0.3 is 0 Å². The van der Waals surface area contributed by atoms with Gasteiger partial charge in [0.05, 0.1) is 88.1 Å². The maximum Gasteiger partial charge on any atom is 0.200 e. The van der Waals surface area contributed by atoms with Crippen LogP contribution in [-0.4, -0.2) is 132 Å². The number of hydrogen-bond acceptors (Lipinski definition) is 10. The van der Waals surface area contributed by atoms with Crippen LogP contribution >= 0.6 is 0 Å². The van der Waals surface area contributed by atoms with Crippen molar-refractivity contribution >= 4 is 33.7 Å². The van der Waals surface area contributed by atoms with Gasteiger partial charge in [-0.15, -0.1) is 0 Å². The van der Waals surface area contributed by atoms with E-state index in [1.54, 1.807) is 62.3 Å². The van der Waals surface area contributed by atoms with Crippen LogP contribution in [0.3, 0.4) is 0 Å².